The van der Waals surface area contributed by atoms with Gasteiger partial charge in [-0.2, -0.15) is 5.10 Å². The maximum absolute atomic E-state index is 5.16. The van der Waals surface area contributed by atoms with Gasteiger partial charge in [0, 0.05) is 37.1 Å². The highest BCUT2D eigenvalue weighted by molar-refractivity contribution is 5.80. The van der Waals surface area contributed by atoms with Crippen molar-refractivity contribution < 1.29 is 0 Å². The van der Waals surface area contributed by atoms with Crippen LogP contribution in [-0.2, 0) is 0 Å². The second kappa shape index (κ2) is 10.3. The third kappa shape index (κ3) is 5.45. The molecule has 1 saturated carbocycles. The van der Waals surface area contributed by atoms with Gasteiger partial charge in [-0.25, -0.2) is 4.98 Å². The number of guanidine groups is 1. The Morgan fingerprint density at radius 1 is 1.23 bits per heavy atom. The Hall–Kier alpha value is -2.41. The van der Waals surface area contributed by atoms with Gasteiger partial charge < -0.3 is 15.5 Å². The van der Waals surface area contributed by atoms with Gasteiger partial charge in [-0.1, -0.05) is 43.2 Å². The number of nitrogens with zero attached hydrogens (tertiary/aromatic N) is 4. The van der Waals surface area contributed by atoms with Crippen LogP contribution in [0.1, 0.15) is 75.7 Å². The summed E-state index contributed by atoms with van der Waals surface area (Å²) in [6.07, 6.45) is 8.72. The number of aromatic nitrogens is 3. The van der Waals surface area contributed by atoms with Gasteiger partial charge in [0.25, 0.3) is 0 Å². The molecule has 4 rings (SSSR count). The van der Waals surface area contributed by atoms with E-state index in [1.54, 1.807) is 6.33 Å². The van der Waals surface area contributed by atoms with Gasteiger partial charge >= 0.3 is 0 Å². The van der Waals surface area contributed by atoms with E-state index in [1.165, 1.54) is 31.2 Å². The first kappa shape index (κ1) is 21.8. The Bertz CT molecular complexity index is 804. The summed E-state index contributed by atoms with van der Waals surface area (Å²) in [6, 6.07) is 11.1. The van der Waals surface area contributed by atoms with Crippen molar-refractivity contribution in [2.24, 2.45) is 4.99 Å². The topological polar surface area (TPSA) is 81.2 Å². The van der Waals surface area contributed by atoms with Crippen LogP contribution in [0.25, 0.3) is 0 Å². The first-order valence-corrected chi connectivity index (χ1v) is 11.9. The van der Waals surface area contributed by atoms with Crippen molar-refractivity contribution in [3.63, 3.8) is 0 Å². The summed E-state index contributed by atoms with van der Waals surface area (Å²) >= 11 is 0. The van der Waals surface area contributed by atoms with E-state index in [4.69, 9.17) is 4.99 Å². The van der Waals surface area contributed by atoms with Crippen molar-refractivity contribution in [2.45, 2.75) is 69.9 Å². The van der Waals surface area contributed by atoms with Crippen molar-refractivity contribution in [1.29, 1.82) is 0 Å². The zero-order valence-corrected chi connectivity index (χ0v) is 19.0. The van der Waals surface area contributed by atoms with E-state index in [0.717, 1.165) is 50.8 Å². The van der Waals surface area contributed by atoms with Crippen LogP contribution in [0, 0.1) is 0 Å². The first-order chi connectivity index (χ1) is 15.2. The zero-order chi connectivity index (χ0) is 21.5. The number of aromatic amines is 1. The Morgan fingerprint density at radius 3 is 2.61 bits per heavy atom. The van der Waals surface area contributed by atoms with Crippen LogP contribution in [0.5, 0.6) is 0 Å². The molecule has 1 aromatic heterocycles. The minimum Gasteiger partial charge on any atom is -0.357 e. The maximum Gasteiger partial charge on any atom is 0.193 e. The summed E-state index contributed by atoms with van der Waals surface area (Å²) in [5, 5.41) is 14.6. The number of piperidine rings is 1. The van der Waals surface area contributed by atoms with Gasteiger partial charge in [0.15, 0.2) is 5.96 Å². The summed E-state index contributed by atoms with van der Waals surface area (Å²) in [5.74, 6) is 2.54. The summed E-state index contributed by atoms with van der Waals surface area (Å²) in [7, 11) is 0. The van der Waals surface area contributed by atoms with Gasteiger partial charge in [-0.05, 0) is 45.1 Å². The van der Waals surface area contributed by atoms with Crippen molar-refractivity contribution in [3.8, 4) is 0 Å². The predicted octanol–water partition coefficient (Wildman–Crippen LogP) is 3.61. The van der Waals surface area contributed by atoms with Crippen LogP contribution < -0.4 is 10.6 Å². The van der Waals surface area contributed by atoms with E-state index >= 15 is 0 Å². The molecule has 0 radical (unpaired) electrons. The van der Waals surface area contributed by atoms with Crippen LogP contribution in [-0.4, -0.2) is 57.8 Å². The molecule has 1 unspecified atom stereocenters. The third-order valence-corrected chi connectivity index (χ3v) is 6.86. The highest BCUT2D eigenvalue weighted by atomic mass is 15.3. The number of H-pyrrole nitrogens is 1. The molecule has 2 heterocycles. The third-order valence-electron chi connectivity index (χ3n) is 6.86. The molecule has 0 spiro atoms. The fourth-order valence-electron chi connectivity index (χ4n) is 5.11. The number of likely N-dealkylation sites (tertiary alicyclic amines) is 1. The SMILES string of the molecule is CCNC(=NCC1(NC(C)c2ccccc2)CCCC1)N1CCC(c2ncn[nH]2)CC1. The number of rotatable bonds is 7. The molecule has 0 amide bonds. The molecule has 1 aliphatic carbocycles. The lowest BCUT2D eigenvalue weighted by Crippen LogP contribution is -2.49. The monoisotopic (exact) mass is 423 g/mol. The maximum atomic E-state index is 5.16. The summed E-state index contributed by atoms with van der Waals surface area (Å²) in [4.78, 5) is 11.9. The van der Waals surface area contributed by atoms with Crippen LogP contribution in [0.2, 0.25) is 0 Å². The predicted molar refractivity (Wildman–Crippen MR) is 125 cm³/mol. The second-order valence-electron chi connectivity index (χ2n) is 9.07. The van der Waals surface area contributed by atoms with Crippen molar-refractivity contribution in [3.05, 3.63) is 48.0 Å². The van der Waals surface area contributed by atoms with Crippen LogP contribution in [0.3, 0.4) is 0 Å². The molecule has 3 N–H and O–H groups in total. The molecule has 1 atom stereocenters. The Balaban J connectivity index is 1.41. The van der Waals surface area contributed by atoms with E-state index in [2.05, 4.69) is 74.9 Å². The fraction of sp³-hybridized carbons (Fsp3) is 0.625. The van der Waals surface area contributed by atoms with E-state index in [0.29, 0.717) is 12.0 Å². The zero-order valence-electron chi connectivity index (χ0n) is 19.0. The molecule has 168 valence electrons. The highest BCUT2D eigenvalue weighted by Crippen LogP contribution is 2.33. The molecule has 1 saturated heterocycles. The normalized spacial score (nSPS) is 20.7. The fourth-order valence-corrected chi connectivity index (χ4v) is 5.11. The lowest BCUT2D eigenvalue weighted by molar-refractivity contribution is 0.288. The average molecular weight is 424 g/mol. The number of nitrogens with one attached hydrogen (secondary N) is 3. The Morgan fingerprint density at radius 2 is 1.97 bits per heavy atom. The minimum atomic E-state index is 0.0914. The van der Waals surface area contributed by atoms with Gasteiger partial charge in [0.2, 0.25) is 0 Å². The molecule has 1 aliphatic heterocycles. The Kier molecular flexibility index (Phi) is 7.22. The number of hydrogen-bond acceptors (Lipinski definition) is 4. The molecule has 2 aromatic rings. The molecule has 31 heavy (non-hydrogen) atoms. The number of benzene rings is 1. The molecule has 0 bridgehead atoms. The standard InChI is InChI=1S/C24H37N7/c1-3-25-23(31-15-11-21(12-16-31)22-27-18-28-30-22)26-17-24(13-7-8-14-24)29-19(2)20-9-5-4-6-10-20/h4-6,9-10,18-19,21,29H,3,7-8,11-17H2,1-2H3,(H,25,26)(H,27,28,30). The quantitative estimate of drug-likeness (QED) is 0.468. The van der Waals surface area contributed by atoms with E-state index in [9.17, 15) is 0 Å². The van der Waals surface area contributed by atoms with E-state index in [1.807, 2.05) is 0 Å². The number of hydrogen-bond donors (Lipinski definition) is 3. The highest BCUT2D eigenvalue weighted by Gasteiger charge is 2.35. The smallest absolute Gasteiger partial charge is 0.193 e. The first-order valence-electron chi connectivity index (χ1n) is 11.9. The molecule has 2 aliphatic rings. The lowest BCUT2D eigenvalue weighted by atomic mass is 9.94. The van der Waals surface area contributed by atoms with Gasteiger partial charge in [0.05, 0.1) is 6.54 Å². The largest absolute Gasteiger partial charge is 0.357 e. The van der Waals surface area contributed by atoms with Crippen LogP contribution in [0.4, 0.5) is 0 Å². The molecule has 2 fully saturated rings. The van der Waals surface area contributed by atoms with Gasteiger partial charge in [0.1, 0.15) is 12.2 Å². The summed E-state index contributed by atoms with van der Waals surface area (Å²) < 4.78 is 0. The van der Waals surface area contributed by atoms with Gasteiger partial charge in [-0.15, -0.1) is 0 Å². The van der Waals surface area contributed by atoms with E-state index < -0.39 is 0 Å². The number of aliphatic imine (C=N–C) groups is 1. The molecule has 7 heteroatoms. The minimum absolute atomic E-state index is 0.0914. The average Bonchev–Trinajstić information content (AvgIpc) is 3.50. The molecular formula is C24H37N7. The second-order valence-corrected chi connectivity index (χ2v) is 9.07. The van der Waals surface area contributed by atoms with Crippen molar-refractivity contribution >= 4 is 5.96 Å². The Labute approximate surface area is 186 Å². The van der Waals surface area contributed by atoms with Crippen LogP contribution in [0.15, 0.2) is 41.7 Å². The van der Waals surface area contributed by atoms with Gasteiger partial charge in [-0.3, -0.25) is 10.1 Å². The van der Waals surface area contributed by atoms with Crippen LogP contribution >= 0.6 is 0 Å². The van der Waals surface area contributed by atoms with Crippen molar-refractivity contribution in [2.75, 3.05) is 26.2 Å². The van der Waals surface area contributed by atoms with E-state index in [-0.39, 0.29) is 5.54 Å². The summed E-state index contributed by atoms with van der Waals surface area (Å²) in [6.45, 7) is 8.14. The van der Waals surface area contributed by atoms with Crippen molar-refractivity contribution in [1.82, 2.24) is 30.7 Å². The lowest BCUT2D eigenvalue weighted by Gasteiger charge is -2.36. The molecule has 7 nitrogen and oxygen atoms in total. The molecular weight excluding hydrogens is 386 g/mol. The molecule has 1 aromatic carbocycles. The summed E-state index contributed by atoms with van der Waals surface area (Å²) in [5.41, 5.74) is 1.44.